The fourth-order valence-electron chi connectivity index (χ4n) is 2.17. The van der Waals surface area contributed by atoms with Crippen LogP contribution in [0.15, 0.2) is 36.4 Å². The Balaban J connectivity index is 1.85. The number of hydrogen-bond acceptors (Lipinski definition) is 3. The minimum atomic E-state index is -1.00. The second kappa shape index (κ2) is 5.48. The lowest BCUT2D eigenvalue weighted by Crippen LogP contribution is -2.28. The summed E-state index contributed by atoms with van der Waals surface area (Å²) in [5.74, 6) is -1.37. The van der Waals surface area contributed by atoms with Crippen molar-refractivity contribution in [1.82, 2.24) is 0 Å². The van der Waals surface area contributed by atoms with Crippen molar-refractivity contribution >= 4 is 35.8 Å². The Labute approximate surface area is 125 Å². The summed E-state index contributed by atoms with van der Waals surface area (Å²) in [6, 6.07) is 9.24. The third-order valence-corrected chi connectivity index (χ3v) is 3.55. The molecular formula is C14H10BClFNO3. The van der Waals surface area contributed by atoms with Crippen LogP contribution in [-0.4, -0.2) is 18.0 Å². The molecule has 21 heavy (non-hydrogen) atoms. The van der Waals surface area contributed by atoms with Gasteiger partial charge in [0.1, 0.15) is 0 Å². The van der Waals surface area contributed by atoms with Gasteiger partial charge in [-0.25, -0.2) is 4.39 Å². The smallest absolute Gasteiger partial charge is 0.423 e. The molecule has 106 valence electrons. The predicted molar refractivity (Wildman–Crippen MR) is 78.2 cm³/mol. The lowest BCUT2D eigenvalue weighted by molar-refractivity contribution is 0.102. The number of carbonyl (C=O) groups excluding carboxylic acids is 1. The first-order chi connectivity index (χ1) is 10.1. The number of halogens is 2. The van der Waals surface area contributed by atoms with E-state index in [1.807, 2.05) is 0 Å². The molecule has 0 spiro atoms. The predicted octanol–water partition coefficient (Wildman–Crippen LogP) is 1.95. The van der Waals surface area contributed by atoms with Crippen molar-refractivity contribution in [2.45, 2.75) is 6.61 Å². The molecule has 0 atom stereocenters. The first-order valence-corrected chi connectivity index (χ1v) is 6.62. The van der Waals surface area contributed by atoms with Crippen LogP contribution in [0.1, 0.15) is 15.9 Å². The Morgan fingerprint density at radius 2 is 2.19 bits per heavy atom. The fraction of sp³-hybridized carbons (Fsp3) is 0.0714. The average molecular weight is 306 g/mol. The van der Waals surface area contributed by atoms with Crippen LogP contribution >= 0.6 is 11.6 Å². The van der Waals surface area contributed by atoms with Crippen LogP contribution in [-0.2, 0) is 11.3 Å². The summed E-state index contributed by atoms with van der Waals surface area (Å²) in [5.41, 5.74) is 1.76. The van der Waals surface area contributed by atoms with Gasteiger partial charge in [0, 0.05) is 5.69 Å². The van der Waals surface area contributed by atoms with Crippen molar-refractivity contribution in [1.29, 1.82) is 0 Å². The normalized spacial score (nSPS) is 13.2. The Bertz CT molecular complexity index is 725. The van der Waals surface area contributed by atoms with Crippen LogP contribution in [0.3, 0.4) is 0 Å². The maximum atomic E-state index is 13.8. The van der Waals surface area contributed by atoms with Crippen molar-refractivity contribution in [3.8, 4) is 0 Å². The molecule has 4 nitrogen and oxygen atoms in total. The molecule has 2 N–H and O–H groups in total. The standard InChI is InChI=1S/C14H10BClFNO3/c16-12-3-1-2-10(13(12)17)14(19)18-9-5-4-8-7-21-15(20)11(8)6-9/h1-6,20H,7H2,(H,18,19). The quantitative estimate of drug-likeness (QED) is 0.834. The number of hydrogen-bond donors (Lipinski definition) is 2. The molecule has 1 aliphatic rings. The maximum Gasteiger partial charge on any atom is 0.491 e. The molecule has 0 bridgehead atoms. The minimum Gasteiger partial charge on any atom is -0.423 e. The largest absolute Gasteiger partial charge is 0.491 e. The second-order valence-electron chi connectivity index (χ2n) is 4.63. The number of fused-ring (bicyclic) bond motifs is 1. The summed E-state index contributed by atoms with van der Waals surface area (Å²) in [4.78, 5) is 12.1. The lowest BCUT2D eigenvalue weighted by atomic mass is 9.79. The molecule has 0 fully saturated rings. The van der Waals surface area contributed by atoms with Crippen molar-refractivity contribution in [2.75, 3.05) is 5.32 Å². The molecule has 3 rings (SSSR count). The Morgan fingerprint density at radius 1 is 1.38 bits per heavy atom. The molecule has 2 aromatic rings. The average Bonchev–Trinajstić information content (AvgIpc) is 2.83. The van der Waals surface area contributed by atoms with Crippen molar-refractivity contribution < 1.29 is 18.9 Å². The van der Waals surface area contributed by atoms with E-state index in [0.717, 1.165) is 5.56 Å². The van der Waals surface area contributed by atoms with Crippen LogP contribution in [0.4, 0.5) is 10.1 Å². The lowest BCUT2D eigenvalue weighted by Gasteiger charge is -2.08. The van der Waals surface area contributed by atoms with Crippen molar-refractivity contribution in [2.24, 2.45) is 0 Å². The van der Waals surface area contributed by atoms with Gasteiger partial charge < -0.3 is 15.0 Å². The highest BCUT2D eigenvalue weighted by Gasteiger charge is 2.27. The van der Waals surface area contributed by atoms with E-state index in [0.29, 0.717) is 17.8 Å². The molecule has 0 saturated heterocycles. The van der Waals surface area contributed by atoms with Gasteiger partial charge >= 0.3 is 7.12 Å². The summed E-state index contributed by atoms with van der Waals surface area (Å²) in [6.45, 7) is 0.327. The zero-order chi connectivity index (χ0) is 15.0. The SMILES string of the molecule is O=C(Nc1ccc2c(c1)B(O)OC2)c1cccc(Cl)c1F. The van der Waals surface area contributed by atoms with Gasteiger partial charge in [-0.3, -0.25) is 4.79 Å². The highest BCUT2D eigenvalue weighted by Crippen LogP contribution is 2.20. The third kappa shape index (κ3) is 2.65. The van der Waals surface area contributed by atoms with Gasteiger partial charge in [-0.2, -0.15) is 0 Å². The third-order valence-electron chi connectivity index (χ3n) is 3.26. The zero-order valence-electron chi connectivity index (χ0n) is 10.8. The summed E-state index contributed by atoms with van der Waals surface area (Å²) < 4.78 is 18.9. The molecule has 0 unspecified atom stereocenters. The van der Waals surface area contributed by atoms with E-state index in [4.69, 9.17) is 16.3 Å². The number of nitrogens with one attached hydrogen (secondary N) is 1. The number of carbonyl (C=O) groups is 1. The molecular weight excluding hydrogens is 295 g/mol. The van der Waals surface area contributed by atoms with Crippen LogP contribution in [0.2, 0.25) is 5.02 Å². The first kappa shape index (κ1) is 14.1. The number of anilines is 1. The molecule has 7 heteroatoms. The van der Waals surface area contributed by atoms with Gasteiger partial charge in [0.15, 0.2) is 5.82 Å². The summed E-state index contributed by atoms with van der Waals surface area (Å²) in [5, 5.41) is 12.1. The monoisotopic (exact) mass is 305 g/mol. The fourth-order valence-corrected chi connectivity index (χ4v) is 2.34. The molecule has 1 aliphatic heterocycles. The van der Waals surface area contributed by atoms with Gasteiger partial charge in [-0.15, -0.1) is 0 Å². The summed E-state index contributed by atoms with van der Waals surface area (Å²) >= 11 is 5.65. The first-order valence-electron chi connectivity index (χ1n) is 6.24. The van der Waals surface area contributed by atoms with Gasteiger partial charge in [-0.05, 0) is 35.3 Å². The van der Waals surface area contributed by atoms with Gasteiger partial charge in [0.25, 0.3) is 5.91 Å². The van der Waals surface area contributed by atoms with Gasteiger partial charge in [0.2, 0.25) is 0 Å². The van der Waals surface area contributed by atoms with E-state index in [1.54, 1.807) is 18.2 Å². The maximum absolute atomic E-state index is 13.8. The van der Waals surface area contributed by atoms with E-state index in [2.05, 4.69) is 5.32 Å². The zero-order valence-corrected chi connectivity index (χ0v) is 11.5. The van der Waals surface area contributed by atoms with Crippen LogP contribution in [0, 0.1) is 5.82 Å². The molecule has 0 radical (unpaired) electrons. The van der Waals surface area contributed by atoms with E-state index >= 15 is 0 Å². The molecule has 1 amide bonds. The topological polar surface area (TPSA) is 58.6 Å². The molecule has 0 aliphatic carbocycles. The Morgan fingerprint density at radius 3 is 3.00 bits per heavy atom. The van der Waals surface area contributed by atoms with Gasteiger partial charge in [0.05, 0.1) is 17.2 Å². The second-order valence-corrected chi connectivity index (χ2v) is 5.04. The van der Waals surface area contributed by atoms with Crippen molar-refractivity contribution in [3.05, 3.63) is 58.4 Å². The van der Waals surface area contributed by atoms with Gasteiger partial charge in [-0.1, -0.05) is 23.7 Å². The Hall–Kier alpha value is -1.89. The summed E-state index contributed by atoms with van der Waals surface area (Å²) in [6.07, 6.45) is 0. The number of rotatable bonds is 2. The Kier molecular flexibility index (Phi) is 3.67. The molecule has 0 aromatic heterocycles. The van der Waals surface area contributed by atoms with E-state index < -0.39 is 18.8 Å². The minimum absolute atomic E-state index is 0.111. The van der Waals surface area contributed by atoms with Crippen molar-refractivity contribution in [3.63, 3.8) is 0 Å². The van der Waals surface area contributed by atoms with Crippen LogP contribution in [0.5, 0.6) is 0 Å². The molecule has 1 heterocycles. The van der Waals surface area contributed by atoms with E-state index in [-0.39, 0.29) is 10.6 Å². The van der Waals surface area contributed by atoms with E-state index in [9.17, 15) is 14.2 Å². The van der Waals surface area contributed by atoms with Crippen LogP contribution in [0.25, 0.3) is 0 Å². The molecule has 0 saturated carbocycles. The molecule has 2 aromatic carbocycles. The highest BCUT2D eigenvalue weighted by atomic mass is 35.5. The van der Waals surface area contributed by atoms with Crippen LogP contribution < -0.4 is 10.8 Å². The highest BCUT2D eigenvalue weighted by molar-refractivity contribution is 6.61. The number of amides is 1. The number of benzene rings is 2. The summed E-state index contributed by atoms with van der Waals surface area (Å²) in [7, 11) is -1.00. The van der Waals surface area contributed by atoms with E-state index in [1.165, 1.54) is 18.2 Å².